The molecule has 4 nitrogen and oxygen atoms in total. The van der Waals surface area contributed by atoms with Gasteiger partial charge in [-0.25, -0.2) is 4.79 Å². The van der Waals surface area contributed by atoms with Crippen molar-refractivity contribution in [3.63, 3.8) is 0 Å². The van der Waals surface area contributed by atoms with Crippen LogP contribution in [0.5, 0.6) is 0 Å². The van der Waals surface area contributed by atoms with Crippen molar-refractivity contribution in [2.24, 2.45) is 10.9 Å². The van der Waals surface area contributed by atoms with Crippen molar-refractivity contribution in [3.05, 3.63) is 95.0 Å². The number of hydrogen-bond donors (Lipinski definition) is 1. The lowest BCUT2D eigenvalue weighted by molar-refractivity contribution is 0.0516. The standard InChI is InChI=1S/C20H15ClN2O2/c21-18-9-5-4-8-17(18)19(22)23-25-20(24)16-12-10-15(11-13-16)14-6-2-1-3-7-14/h1-13H,(H2,22,23). The summed E-state index contributed by atoms with van der Waals surface area (Å²) in [6.07, 6.45) is 0. The molecule has 3 aromatic carbocycles. The first kappa shape index (κ1) is 16.7. The van der Waals surface area contributed by atoms with Crippen molar-refractivity contribution in [1.29, 1.82) is 0 Å². The molecule has 0 radical (unpaired) electrons. The largest absolute Gasteiger partial charge is 0.380 e. The van der Waals surface area contributed by atoms with E-state index in [2.05, 4.69) is 5.16 Å². The van der Waals surface area contributed by atoms with Gasteiger partial charge in [0.2, 0.25) is 0 Å². The van der Waals surface area contributed by atoms with Crippen molar-refractivity contribution >= 4 is 23.4 Å². The zero-order valence-electron chi connectivity index (χ0n) is 13.2. The van der Waals surface area contributed by atoms with Crippen LogP contribution < -0.4 is 5.73 Å². The first-order valence-corrected chi connectivity index (χ1v) is 7.98. The Balaban J connectivity index is 1.71. The summed E-state index contributed by atoms with van der Waals surface area (Å²) in [5, 5.41) is 4.11. The summed E-state index contributed by atoms with van der Waals surface area (Å²) in [5.74, 6) is -0.547. The summed E-state index contributed by atoms with van der Waals surface area (Å²) in [6, 6.07) is 23.9. The van der Waals surface area contributed by atoms with Gasteiger partial charge in [-0.05, 0) is 35.4 Å². The van der Waals surface area contributed by atoms with Crippen molar-refractivity contribution in [3.8, 4) is 11.1 Å². The molecule has 0 aliphatic rings. The number of oxime groups is 1. The highest BCUT2D eigenvalue weighted by Crippen LogP contribution is 2.19. The Bertz CT molecular complexity index is 906. The van der Waals surface area contributed by atoms with E-state index in [4.69, 9.17) is 22.2 Å². The predicted molar refractivity (Wildman–Crippen MR) is 99.5 cm³/mol. The molecule has 0 bridgehead atoms. The van der Waals surface area contributed by atoms with E-state index in [1.54, 1.807) is 36.4 Å². The van der Waals surface area contributed by atoms with Crippen LogP contribution in [-0.4, -0.2) is 11.8 Å². The molecule has 0 saturated carbocycles. The highest BCUT2D eigenvalue weighted by molar-refractivity contribution is 6.34. The van der Waals surface area contributed by atoms with E-state index in [1.165, 1.54) is 0 Å². The molecule has 5 heteroatoms. The van der Waals surface area contributed by atoms with E-state index < -0.39 is 5.97 Å². The first-order valence-electron chi connectivity index (χ1n) is 7.60. The Morgan fingerprint density at radius 1 is 0.840 bits per heavy atom. The van der Waals surface area contributed by atoms with Gasteiger partial charge in [0.25, 0.3) is 0 Å². The fourth-order valence-electron chi connectivity index (χ4n) is 2.29. The fourth-order valence-corrected chi connectivity index (χ4v) is 2.52. The van der Waals surface area contributed by atoms with Crippen LogP contribution in [0.25, 0.3) is 11.1 Å². The van der Waals surface area contributed by atoms with E-state index in [0.717, 1.165) is 11.1 Å². The average Bonchev–Trinajstić information content (AvgIpc) is 2.67. The maximum atomic E-state index is 12.1. The first-order chi connectivity index (χ1) is 12.1. The minimum atomic E-state index is -0.588. The molecule has 0 heterocycles. The summed E-state index contributed by atoms with van der Waals surface area (Å²) in [6.45, 7) is 0. The summed E-state index contributed by atoms with van der Waals surface area (Å²) < 4.78 is 0. The third-order valence-corrected chi connectivity index (χ3v) is 3.93. The van der Waals surface area contributed by atoms with Crippen LogP contribution in [0.3, 0.4) is 0 Å². The molecule has 3 rings (SSSR count). The van der Waals surface area contributed by atoms with Crippen LogP contribution in [0.1, 0.15) is 15.9 Å². The van der Waals surface area contributed by atoms with Gasteiger partial charge in [0.05, 0.1) is 10.6 Å². The molecule has 0 aliphatic carbocycles. The Kier molecular flexibility index (Phi) is 5.11. The van der Waals surface area contributed by atoms with Crippen LogP contribution in [0, 0.1) is 0 Å². The highest BCUT2D eigenvalue weighted by atomic mass is 35.5. The smallest absolute Gasteiger partial charge is 0.365 e. The van der Waals surface area contributed by atoms with Crippen LogP contribution in [-0.2, 0) is 4.84 Å². The molecule has 124 valence electrons. The molecule has 0 aliphatic heterocycles. The van der Waals surface area contributed by atoms with Crippen LogP contribution >= 0.6 is 11.6 Å². The normalized spacial score (nSPS) is 11.2. The second kappa shape index (κ2) is 7.64. The minimum absolute atomic E-state index is 0.0415. The van der Waals surface area contributed by atoms with Gasteiger partial charge in [-0.3, -0.25) is 0 Å². The summed E-state index contributed by atoms with van der Waals surface area (Å²) >= 11 is 6.03. The quantitative estimate of drug-likeness (QED) is 0.326. The Hall–Kier alpha value is -3.11. The molecule has 25 heavy (non-hydrogen) atoms. The lowest BCUT2D eigenvalue weighted by Gasteiger charge is -2.04. The lowest BCUT2D eigenvalue weighted by atomic mass is 10.0. The minimum Gasteiger partial charge on any atom is -0.380 e. The molecule has 0 aromatic heterocycles. The zero-order chi connectivity index (χ0) is 17.6. The molecule has 3 aromatic rings. The van der Waals surface area contributed by atoms with E-state index in [-0.39, 0.29) is 5.84 Å². The molecule has 0 amide bonds. The number of benzene rings is 3. The molecule has 0 spiro atoms. The SMILES string of the molecule is N/C(=N\OC(=O)c1ccc(-c2ccccc2)cc1)c1ccccc1Cl. The van der Waals surface area contributed by atoms with Crippen LogP contribution in [0.4, 0.5) is 0 Å². The van der Waals surface area contributed by atoms with Crippen molar-refractivity contribution in [1.82, 2.24) is 0 Å². The number of carbonyl (C=O) groups is 1. The number of nitrogens with two attached hydrogens (primary N) is 1. The molecule has 0 fully saturated rings. The summed E-state index contributed by atoms with van der Waals surface area (Å²) in [7, 11) is 0. The van der Waals surface area contributed by atoms with Gasteiger partial charge in [0.1, 0.15) is 0 Å². The summed E-state index contributed by atoms with van der Waals surface area (Å²) in [5.41, 5.74) is 8.79. The van der Waals surface area contributed by atoms with Crippen molar-refractivity contribution in [2.75, 3.05) is 0 Å². The molecule has 0 atom stereocenters. The van der Waals surface area contributed by atoms with Gasteiger partial charge in [0.15, 0.2) is 5.84 Å². The van der Waals surface area contributed by atoms with E-state index in [1.807, 2.05) is 42.5 Å². The predicted octanol–water partition coefficient (Wildman–Crippen LogP) is 4.48. The molecule has 0 unspecified atom stereocenters. The number of amidine groups is 1. The lowest BCUT2D eigenvalue weighted by Crippen LogP contribution is -2.15. The van der Waals surface area contributed by atoms with Crippen molar-refractivity contribution in [2.45, 2.75) is 0 Å². The van der Waals surface area contributed by atoms with Crippen molar-refractivity contribution < 1.29 is 9.63 Å². The molecular formula is C20H15ClN2O2. The monoisotopic (exact) mass is 350 g/mol. The van der Waals surface area contributed by atoms with Crippen LogP contribution in [0.15, 0.2) is 84.0 Å². The highest BCUT2D eigenvalue weighted by Gasteiger charge is 2.09. The third-order valence-electron chi connectivity index (χ3n) is 3.60. The Morgan fingerprint density at radius 2 is 1.44 bits per heavy atom. The second-order valence-corrected chi connectivity index (χ2v) is 5.69. The van der Waals surface area contributed by atoms with E-state index in [0.29, 0.717) is 16.1 Å². The number of nitrogens with zero attached hydrogens (tertiary/aromatic N) is 1. The number of carbonyl (C=O) groups excluding carboxylic acids is 1. The molecular weight excluding hydrogens is 336 g/mol. The Labute approximate surface area is 150 Å². The van der Waals surface area contributed by atoms with E-state index in [9.17, 15) is 4.79 Å². The fraction of sp³-hybridized carbons (Fsp3) is 0. The second-order valence-electron chi connectivity index (χ2n) is 5.28. The average molecular weight is 351 g/mol. The summed E-state index contributed by atoms with van der Waals surface area (Å²) in [4.78, 5) is 17.0. The van der Waals surface area contributed by atoms with Gasteiger partial charge >= 0.3 is 5.97 Å². The van der Waals surface area contributed by atoms with Gasteiger partial charge in [-0.2, -0.15) is 0 Å². The van der Waals surface area contributed by atoms with Gasteiger partial charge in [-0.15, -0.1) is 0 Å². The van der Waals surface area contributed by atoms with Gasteiger partial charge < -0.3 is 10.6 Å². The van der Waals surface area contributed by atoms with E-state index >= 15 is 0 Å². The number of hydrogen-bond acceptors (Lipinski definition) is 3. The molecule has 0 saturated heterocycles. The zero-order valence-corrected chi connectivity index (χ0v) is 14.0. The number of halogens is 1. The maximum Gasteiger partial charge on any atom is 0.365 e. The Morgan fingerprint density at radius 3 is 2.12 bits per heavy atom. The van der Waals surface area contributed by atoms with Gasteiger partial charge in [-0.1, -0.05) is 71.4 Å². The van der Waals surface area contributed by atoms with Crippen LogP contribution in [0.2, 0.25) is 5.02 Å². The maximum absolute atomic E-state index is 12.1. The number of rotatable bonds is 4. The molecule has 2 N–H and O–H groups in total. The topological polar surface area (TPSA) is 64.7 Å². The third kappa shape index (κ3) is 4.05. The van der Waals surface area contributed by atoms with Gasteiger partial charge in [0, 0.05) is 5.56 Å².